The molecule has 0 amide bonds. The fourth-order valence-corrected chi connectivity index (χ4v) is 2.19. The lowest BCUT2D eigenvalue weighted by atomic mass is 10.2. The minimum absolute atomic E-state index is 0.00248. The van der Waals surface area contributed by atoms with Crippen LogP contribution in [0.25, 0.3) is 0 Å². The highest BCUT2D eigenvalue weighted by atomic mass is 79.9. The van der Waals surface area contributed by atoms with Crippen molar-refractivity contribution in [3.8, 4) is 11.5 Å². The Hall–Kier alpha value is -2.68. The maximum atomic E-state index is 10.9. The van der Waals surface area contributed by atoms with Crippen molar-refractivity contribution in [1.29, 1.82) is 0 Å². The van der Waals surface area contributed by atoms with Gasteiger partial charge in [-0.25, -0.2) is 4.98 Å². The van der Waals surface area contributed by atoms with Gasteiger partial charge in [0.15, 0.2) is 11.5 Å². The smallest absolute Gasteiger partial charge is 0.313 e. The monoisotopic (exact) mass is 380 g/mol. The number of anilines is 1. The van der Waals surface area contributed by atoms with Crippen molar-refractivity contribution in [2.75, 3.05) is 12.0 Å². The molecule has 8 nitrogen and oxygen atoms in total. The summed E-state index contributed by atoms with van der Waals surface area (Å²) in [5.74, 6) is 0.348. The van der Waals surface area contributed by atoms with Gasteiger partial charge < -0.3 is 9.84 Å². The summed E-state index contributed by atoms with van der Waals surface area (Å²) in [5.41, 5.74) is 2.98. The maximum Gasteiger partial charge on any atom is 0.313 e. The number of ether oxygens (including phenoxy) is 1. The predicted octanol–water partition coefficient (Wildman–Crippen LogP) is 3.30. The van der Waals surface area contributed by atoms with Crippen molar-refractivity contribution in [3.63, 3.8) is 0 Å². The van der Waals surface area contributed by atoms with Crippen LogP contribution < -0.4 is 10.2 Å². The Labute approximate surface area is 140 Å². The van der Waals surface area contributed by atoms with E-state index < -0.39 is 4.92 Å². The summed E-state index contributed by atoms with van der Waals surface area (Å²) in [7, 11) is 0. The van der Waals surface area contributed by atoms with Crippen molar-refractivity contribution in [1.82, 2.24) is 4.98 Å². The number of halogens is 1. The maximum absolute atomic E-state index is 10.9. The number of hydrazone groups is 1. The third kappa shape index (κ3) is 4.16. The van der Waals surface area contributed by atoms with Crippen LogP contribution in [0.15, 0.2) is 40.0 Å². The Morgan fingerprint density at radius 1 is 1.57 bits per heavy atom. The molecule has 0 spiro atoms. The van der Waals surface area contributed by atoms with E-state index in [0.29, 0.717) is 22.4 Å². The van der Waals surface area contributed by atoms with Gasteiger partial charge in [-0.05, 0) is 46.6 Å². The first-order valence-electron chi connectivity index (χ1n) is 6.56. The summed E-state index contributed by atoms with van der Waals surface area (Å²) in [4.78, 5) is 14.2. The molecule has 0 fully saturated rings. The van der Waals surface area contributed by atoms with E-state index in [-0.39, 0.29) is 17.3 Å². The number of phenols is 1. The van der Waals surface area contributed by atoms with Gasteiger partial charge in [0.25, 0.3) is 0 Å². The molecule has 0 aliphatic heterocycles. The minimum Gasteiger partial charge on any atom is -0.503 e. The number of phenolic OH excluding ortho intramolecular Hbond substituents is 1. The minimum atomic E-state index is -0.546. The molecule has 23 heavy (non-hydrogen) atoms. The standard InChI is InChI=1S/C14H13BrN4O4/c1-2-23-12-7-9(6-10(15)13(12)20)8-17-18-14-11(19(21)22)4-3-5-16-14/h3-8,20H,2H2,1H3,(H,16,18). The quantitative estimate of drug-likeness (QED) is 0.451. The van der Waals surface area contributed by atoms with E-state index in [1.165, 1.54) is 24.5 Å². The molecule has 0 atom stereocenters. The van der Waals surface area contributed by atoms with Gasteiger partial charge in [-0.2, -0.15) is 5.10 Å². The second-order valence-electron chi connectivity index (χ2n) is 4.28. The van der Waals surface area contributed by atoms with Crippen LogP contribution in [-0.4, -0.2) is 27.8 Å². The Morgan fingerprint density at radius 2 is 2.35 bits per heavy atom. The van der Waals surface area contributed by atoms with Crippen molar-refractivity contribution >= 4 is 33.6 Å². The Kier molecular flexibility index (Phi) is 5.47. The van der Waals surface area contributed by atoms with Gasteiger partial charge in [-0.15, -0.1) is 0 Å². The number of nitrogens with zero attached hydrogens (tertiary/aromatic N) is 3. The van der Waals surface area contributed by atoms with Gasteiger partial charge in [0.1, 0.15) is 0 Å². The summed E-state index contributed by atoms with van der Waals surface area (Å²) in [6.45, 7) is 2.20. The fraction of sp³-hybridized carbons (Fsp3) is 0.143. The largest absolute Gasteiger partial charge is 0.503 e. The normalized spacial score (nSPS) is 10.7. The van der Waals surface area contributed by atoms with Crippen LogP contribution in [-0.2, 0) is 0 Å². The number of rotatable bonds is 6. The second-order valence-corrected chi connectivity index (χ2v) is 5.14. The number of hydrogen-bond acceptors (Lipinski definition) is 7. The molecule has 120 valence electrons. The molecule has 1 aromatic heterocycles. The number of aromatic hydroxyl groups is 1. The van der Waals surface area contributed by atoms with Crippen molar-refractivity contribution in [2.24, 2.45) is 5.10 Å². The Morgan fingerprint density at radius 3 is 3.04 bits per heavy atom. The molecule has 0 saturated heterocycles. The number of hydrogen-bond donors (Lipinski definition) is 2. The number of aromatic nitrogens is 1. The molecule has 2 rings (SSSR count). The van der Waals surface area contributed by atoms with Crippen molar-refractivity contribution in [3.05, 3.63) is 50.6 Å². The van der Waals surface area contributed by atoms with Crippen LogP contribution in [0.1, 0.15) is 12.5 Å². The number of benzene rings is 1. The summed E-state index contributed by atoms with van der Waals surface area (Å²) in [6.07, 6.45) is 2.86. The SMILES string of the molecule is CCOc1cc(C=NNc2ncccc2[N+](=O)[O-])cc(Br)c1O. The topological polar surface area (TPSA) is 110 Å². The summed E-state index contributed by atoms with van der Waals surface area (Å²) in [5, 5.41) is 24.6. The van der Waals surface area contributed by atoms with Crippen LogP contribution in [0.3, 0.4) is 0 Å². The highest BCUT2D eigenvalue weighted by Gasteiger charge is 2.13. The van der Waals surface area contributed by atoms with E-state index >= 15 is 0 Å². The number of pyridine rings is 1. The van der Waals surface area contributed by atoms with E-state index in [2.05, 4.69) is 31.4 Å². The first-order valence-corrected chi connectivity index (χ1v) is 7.36. The molecule has 0 bridgehead atoms. The molecule has 0 saturated carbocycles. The Bertz CT molecular complexity index is 752. The van der Waals surface area contributed by atoms with Gasteiger partial charge >= 0.3 is 5.69 Å². The van der Waals surface area contributed by atoms with Crippen LogP contribution in [0.4, 0.5) is 11.5 Å². The lowest BCUT2D eigenvalue weighted by Gasteiger charge is -2.08. The third-order valence-electron chi connectivity index (χ3n) is 2.72. The lowest BCUT2D eigenvalue weighted by molar-refractivity contribution is -0.384. The van der Waals surface area contributed by atoms with E-state index in [0.717, 1.165) is 0 Å². The van der Waals surface area contributed by atoms with Gasteiger partial charge in [0.2, 0.25) is 5.82 Å². The first kappa shape index (κ1) is 16.7. The molecule has 0 aliphatic rings. The fourth-order valence-electron chi connectivity index (χ4n) is 1.73. The zero-order valence-electron chi connectivity index (χ0n) is 12.1. The molecule has 2 N–H and O–H groups in total. The molecule has 0 aliphatic carbocycles. The van der Waals surface area contributed by atoms with Gasteiger partial charge in [0, 0.05) is 12.3 Å². The molecular weight excluding hydrogens is 368 g/mol. The predicted molar refractivity (Wildman–Crippen MR) is 89.1 cm³/mol. The van der Waals surface area contributed by atoms with Crippen molar-refractivity contribution in [2.45, 2.75) is 6.92 Å². The van der Waals surface area contributed by atoms with Gasteiger partial charge in [-0.3, -0.25) is 15.5 Å². The van der Waals surface area contributed by atoms with Gasteiger partial charge in [-0.1, -0.05) is 0 Å². The number of nitrogens with one attached hydrogen (secondary N) is 1. The molecule has 0 unspecified atom stereocenters. The summed E-state index contributed by atoms with van der Waals surface area (Å²) >= 11 is 3.22. The van der Waals surface area contributed by atoms with Crippen LogP contribution >= 0.6 is 15.9 Å². The average Bonchev–Trinajstić information content (AvgIpc) is 2.52. The molecule has 9 heteroatoms. The average molecular weight is 381 g/mol. The second kappa shape index (κ2) is 7.54. The van der Waals surface area contributed by atoms with Crippen molar-refractivity contribution < 1.29 is 14.8 Å². The Balaban J connectivity index is 2.20. The number of nitro groups is 1. The highest BCUT2D eigenvalue weighted by Crippen LogP contribution is 2.35. The van der Waals surface area contributed by atoms with Crippen LogP contribution in [0.5, 0.6) is 11.5 Å². The highest BCUT2D eigenvalue weighted by molar-refractivity contribution is 9.10. The van der Waals surface area contributed by atoms with E-state index in [9.17, 15) is 15.2 Å². The van der Waals surface area contributed by atoms with Crippen LogP contribution in [0, 0.1) is 10.1 Å². The van der Waals surface area contributed by atoms with Gasteiger partial charge in [0.05, 0.1) is 22.2 Å². The molecular formula is C14H13BrN4O4. The molecule has 0 radical (unpaired) electrons. The molecule has 1 aromatic carbocycles. The van der Waals surface area contributed by atoms with E-state index in [4.69, 9.17) is 4.74 Å². The zero-order valence-corrected chi connectivity index (χ0v) is 13.6. The van der Waals surface area contributed by atoms with E-state index in [1.54, 1.807) is 19.1 Å². The van der Waals surface area contributed by atoms with E-state index in [1.807, 2.05) is 0 Å². The molecule has 1 heterocycles. The first-order chi connectivity index (χ1) is 11.0. The summed E-state index contributed by atoms with van der Waals surface area (Å²) in [6, 6.07) is 6.03. The summed E-state index contributed by atoms with van der Waals surface area (Å²) < 4.78 is 5.76. The third-order valence-corrected chi connectivity index (χ3v) is 3.32. The van der Waals surface area contributed by atoms with Crippen LogP contribution in [0.2, 0.25) is 0 Å². The molecule has 2 aromatic rings. The lowest BCUT2D eigenvalue weighted by Crippen LogP contribution is -1.99. The zero-order chi connectivity index (χ0) is 16.8.